The van der Waals surface area contributed by atoms with E-state index in [1.54, 1.807) is 15.9 Å². The number of anilines is 4. The molecular weight excluding hydrogens is 610 g/mol. The zero-order chi connectivity index (χ0) is 32.9. The van der Waals surface area contributed by atoms with Crippen molar-refractivity contribution in [1.29, 1.82) is 0 Å². The number of carbonyl (C=O) groups is 3. The van der Waals surface area contributed by atoms with Gasteiger partial charge in [0.1, 0.15) is 29.6 Å². The number of aryl methyl sites for hydroxylation is 1. The number of benzene rings is 1. The summed E-state index contributed by atoms with van der Waals surface area (Å²) in [6, 6.07) is 5.08. The smallest absolute Gasteiger partial charge is 0.416 e. The highest BCUT2D eigenvalue weighted by Crippen LogP contribution is 2.42. The second kappa shape index (κ2) is 11.8. The largest absolute Gasteiger partial charge is 0.432 e. The number of hydrogen-bond donors (Lipinski definition) is 0. The molecule has 3 aliphatic heterocycles. The number of carbonyl (C=O) groups excluding carboxylic acids is 3. The van der Waals surface area contributed by atoms with Crippen LogP contribution in [-0.4, -0.2) is 78.4 Å². The van der Waals surface area contributed by atoms with Gasteiger partial charge in [-0.05, 0) is 37.3 Å². The molecule has 0 radical (unpaired) electrons. The molecule has 0 unspecified atom stereocenters. The van der Waals surface area contributed by atoms with Crippen molar-refractivity contribution in [3.63, 3.8) is 0 Å². The molecule has 0 bridgehead atoms. The number of amides is 3. The van der Waals surface area contributed by atoms with E-state index in [2.05, 4.69) is 16.5 Å². The Morgan fingerprint density at radius 3 is 2.57 bits per heavy atom. The third-order valence-corrected chi connectivity index (χ3v) is 8.55. The van der Waals surface area contributed by atoms with Gasteiger partial charge in [-0.15, -0.1) is 0 Å². The molecule has 3 aliphatic rings. The van der Waals surface area contributed by atoms with Crippen molar-refractivity contribution in [2.45, 2.75) is 32.1 Å². The van der Waals surface area contributed by atoms with Gasteiger partial charge in [0.2, 0.25) is 17.7 Å². The molecule has 11 nitrogen and oxygen atoms in total. The number of likely N-dealkylation sites (N-methyl/N-ethyl adjacent to an activating group) is 1. The van der Waals surface area contributed by atoms with Crippen LogP contribution in [-0.2, 0) is 27.1 Å². The summed E-state index contributed by atoms with van der Waals surface area (Å²) in [5.74, 6) is -2.87. The summed E-state index contributed by atoms with van der Waals surface area (Å²) in [6.07, 6.45) is -2.14. The second-order valence-electron chi connectivity index (χ2n) is 11.5. The lowest BCUT2D eigenvalue weighted by Crippen LogP contribution is -2.52. The maximum atomic E-state index is 15.6. The van der Waals surface area contributed by atoms with Crippen molar-refractivity contribution in [2.75, 3.05) is 59.4 Å². The lowest BCUT2D eigenvalue weighted by atomic mass is 9.95. The molecular formula is C31H31F4N7O4. The molecule has 5 heterocycles. The third kappa shape index (κ3) is 5.65. The van der Waals surface area contributed by atoms with Gasteiger partial charge in [-0.3, -0.25) is 19.3 Å². The van der Waals surface area contributed by atoms with Crippen molar-refractivity contribution in [2.24, 2.45) is 5.92 Å². The summed E-state index contributed by atoms with van der Waals surface area (Å²) in [4.78, 5) is 55.7. The minimum Gasteiger partial charge on any atom is -0.432 e. The van der Waals surface area contributed by atoms with Crippen LogP contribution in [0.4, 0.5) is 40.8 Å². The second-order valence-corrected chi connectivity index (χ2v) is 11.5. The van der Waals surface area contributed by atoms with E-state index in [4.69, 9.17) is 4.42 Å². The van der Waals surface area contributed by atoms with E-state index < -0.39 is 41.3 Å². The SMILES string of the molecule is C=CC(=O)N1CCN(c2nc(CN3C[C@H]4CC(=O)N(c5cc(C(F)(F)F)cc(C)n5)[C@@H]4C(=O)N(C)c4cccc(F)c43)co2)CC1. The predicted octanol–water partition coefficient (Wildman–Crippen LogP) is 3.78. The molecule has 2 fully saturated rings. The number of rotatable bonds is 5. The number of pyridine rings is 1. The first kappa shape index (κ1) is 31.0. The Kier molecular flexibility index (Phi) is 7.94. The molecule has 46 heavy (non-hydrogen) atoms. The Labute approximate surface area is 261 Å². The first-order valence-electron chi connectivity index (χ1n) is 14.7. The number of oxazole rings is 1. The average molecular weight is 642 g/mol. The van der Waals surface area contributed by atoms with Crippen molar-refractivity contribution in [1.82, 2.24) is 14.9 Å². The van der Waals surface area contributed by atoms with E-state index in [1.165, 1.54) is 43.3 Å². The van der Waals surface area contributed by atoms with Crippen LogP contribution in [0.3, 0.4) is 0 Å². The molecule has 0 spiro atoms. The van der Waals surface area contributed by atoms with Gasteiger partial charge in [0.25, 0.3) is 6.01 Å². The van der Waals surface area contributed by atoms with Gasteiger partial charge < -0.3 is 24.0 Å². The van der Waals surface area contributed by atoms with E-state index in [9.17, 15) is 27.6 Å². The molecule has 6 rings (SSSR count). The molecule has 0 N–H and O–H groups in total. The minimum absolute atomic E-state index is 0.0168. The zero-order valence-corrected chi connectivity index (χ0v) is 25.1. The zero-order valence-electron chi connectivity index (χ0n) is 25.1. The van der Waals surface area contributed by atoms with Crippen molar-refractivity contribution in [3.05, 3.63) is 72.0 Å². The molecule has 3 aromatic rings. The van der Waals surface area contributed by atoms with Crippen LogP contribution in [0, 0.1) is 18.7 Å². The quantitative estimate of drug-likeness (QED) is 0.306. The van der Waals surface area contributed by atoms with Crippen LogP contribution >= 0.6 is 0 Å². The van der Waals surface area contributed by atoms with Gasteiger partial charge in [0, 0.05) is 57.8 Å². The molecule has 0 saturated carbocycles. The van der Waals surface area contributed by atoms with E-state index in [-0.39, 0.29) is 48.3 Å². The Hall–Kier alpha value is -4.95. The summed E-state index contributed by atoms with van der Waals surface area (Å²) in [7, 11) is 1.44. The van der Waals surface area contributed by atoms with Crippen molar-refractivity contribution in [3.8, 4) is 0 Å². The fraction of sp³-hybridized carbons (Fsp3) is 0.387. The summed E-state index contributed by atoms with van der Waals surface area (Å²) < 4.78 is 62.4. The highest BCUT2D eigenvalue weighted by molar-refractivity contribution is 6.10. The summed E-state index contributed by atoms with van der Waals surface area (Å²) in [6.45, 7) is 6.86. The normalized spacial score (nSPS) is 20.4. The van der Waals surface area contributed by atoms with Crippen LogP contribution in [0.1, 0.15) is 23.4 Å². The average Bonchev–Trinajstić information content (AvgIpc) is 3.62. The van der Waals surface area contributed by atoms with Crippen molar-refractivity contribution < 1.29 is 36.4 Å². The number of fused-ring (bicyclic) bond motifs is 2. The Morgan fingerprint density at radius 1 is 1.13 bits per heavy atom. The molecule has 2 saturated heterocycles. The van der Waals surface area contributed by atoms with Crippen LogP contribution in [0.5, 0.6) is 0 Å². The Balaban J connectivity index is 1.32. The van der Waals surface area contributed by atoms with E-state index in [0.717, 1.165) is 17.0 Å². The maximum absolute atomic E-state index is 15.6. The van der Waals surface area contributed by atoms with Gasteiger partial charge in [-0.1, -0.05) is 12.6 Å². The molecule has 242 valence electrons. The molecule has 3 amide bonds. The number of nitrogens with zero attached hydrogens (tertiary/aromatic N) is 7. The summed E-state index contributed by atoms with van der Waals surface area (Å²) in [5, 5.41) is 0. The van der Waals surface area contributed by atoms with Gasteiger partial charge in [-0.25, -0.2) is 9.37 Å². The fourth-order valence-electron chi connectivity index (χ4n) is 6.36. The van der Waals surface area contributed by atoms with Crippen LogP contribution in [0.25, 0.3) is 0 Å². The van der Waals surface area contributed by atoms with Crippen LogP contribution < -0.4 is 19.6 Å². The lowest BCUT2D eigenvalue weighted by molar-refractivity contribution is -0.137. The highest BCUT2D eigenvalue weighted by Gasteiger charge is 2.49. The number of aromatic nitrogens is 2. The summed E-state index contributed by atoms with van der Waals surface area (Å²) >= 11 is 0. The topological polar surface area (TPSA) is 106 Å². The van der Waals surface area contributed by atoms with Gasteiger partial charge in [0.05, 0.1) is 23.5 Å². The monoisotopic (exact) mass is 641 g/mol. The third-order valence-electron chi connectivity index (χ3n) is 8.55. The summed E-state index contributed by atoms with van der Waals surface area (Å²) in [5.41, 5.74) is -0.143. The first-order chi connectivity index (χ1) is 21.8. The number of halogens is 4. The number of piperazine rings is 1. The van der Waals surface area contributed by atoms with Gasteiger partial charge in [-0.2, -0.15) is 18.2 Å². The maximum Gasteiger partial charge on any atom is 0.416 e. The Morgan fingerprint density at radius 2 is 1.87 bits per heavy atom. The fourth-order valence-corrected chi connectivity index (χ4v) is 6.36. The Bertz CT molecular complexity index is 1700. The number of hydrogen-bond acceptors (Lipinski definition) is 8. The molecule has 2 atom stereocenters. The molecule has 2 aromatic heterocycles. The first-order valence-corrected chi connectivity index (χ1v) is 14.7. The molecule has 0 aliphatic carbocycles. The number of para-hydroxylation sites is 1. The highest BCUT2D eigenvalue weighted by atomic mass is 19.4. The number of alkyl halides is 3. The van der Waals surface area contributed by atoms with E-state index in [0.29, 0.717) is 37.9 Å². The van der Waals surface area contributed by atoms with E-state index >= 15 is 4.39 Å². The van der Waals surface area contributed by atoms with Crippen LogP contribution in [0.2, 0.25) is 0 Å². The molecule has 15 heteroatoms. The minimum atomic E-state index is -4.69. The van der Waals surface area contributed by atoms with Crippen molar-refractivity contribution >= 4 is 40.9 Å². The van der Waals surface area contributed by atoms with Crippen LogP contribution in [0.15, 0.2) is 53.7 Å². The van der Waals surface area contributed by atoms with E-state index in [1.807, 2.05) is 4.90 Å². The van der Waals surface area contributed by atoms with Gasteiger partial charge >= 0.3 is 6.18 Å². The standard InChI is InChI=1S/C31H31F4N7O4/c1-4-25(43)39-8-10-40(11-9-39)30-37-21(17-46-30)16-41-15-19-13-26(44)42(24-14-20(31(33,34)35)12-18(2)36-24)27(19)29(45)38(3)23-7-5-6-22(32)28(23)41/h4-7,12,14,17,19,27H,1,8-11,13,15-16H2,2-3H3/t19-,27+/m1/s1. The van der Waals surface area contributed by atoms with Gasteiger partial charge in [0.15, 0.2) is 0 Å². The predicted molar refractivity (Wildman–Crippen MR) is 160 cm³/mol. The molecule has 1 aromatic carbocycles. The lowest BCUT2D eigenvalue weighted by Gasteiger charge is -2.38.